The number of aliphatic hydroxyl groups is 2. The molecule has 1 aromatic carbocycles. The van der Waals surface area contributed by atoms with Crippen LogP contribution in [0.1, 0.15) is 108 Å². The van der Waals surface area contributed by atoms with E-state index >= 15 is 0 Å². The number of phenolic OH excluding ortho intramolecular Hbond substituents is 1. The third-order valence-electron chi connectivity index (χ3n) is 9.05. The van der Waals surface area contributed by atoms with Crippen molar-refractivity contribution in [2.24, 2.45) is 23.5 Å². The maximum atomic E-state index is 13.7. The van der Waals surface area contributed by atoms with Crippen LogP contribution in [-0.2, 0) is 19.2 Å². The summed E-state index contributed by atoms with van der Waals surface area (Å²) in [6.07, 6.45) is 10.8. The number of aromatic hydroxyl groups is 1. The normalized spacial score (nSPS) is 22.5. The number of Topliss-reactive ketones (excluding diaryl/α,β-unsaturated/α-hetero) is 2. The van der Waals surface area contributed by atoms with Crippen LogP contribution in [0, 0.1) is 17.8 Å². The summed E-state index contributed by atoms with van der Waals surface area (Å²) in [5.41, 5.74) is 5.61. The van der Waals surface area contributed by atoms with E-state index in [0.717, 1.165) is 25.7 Å². The van der Waals surface area contributed by atoms with E-state index < -0.39 is 52.3 Å². The number of amides is 2. The molecule has 4 atom stereocenters. The highest BCUT2D eigenvalue weighted by Crippen LogP contribution is 2.54. The largest absolute Gasteiger partial charge is 0.511 e. The van der Waals surface area contributed by atoms with E-state index in [4.69, 9.17) is 5.73 Å². The lowest BCUT2D eigenvalue weighted by molar-refractivity contribution is -0.128. The molecule has 44 heavy (non-hydrogen) atoms. The number of phenols is 1. The molecule has 0 aliphatic heterocycles. The fourth-order valence-corrected chi connectivity index (χ4v) is 6.84. The van der Waals surface area contributed by atoms with Crippen molar-refractivity contribution in [3.8, 4) is 5.75 Å². The highest BCUT2D eigenvalue weighted by atomic mass is 16.3. The van der Waals surface area contributed by atoms with E-state index in [1.165, 1.54) is 32.1 Å². The number of carbonyl (C=O) groups excluding carboxylic acids is 4. The van der Waals surface area contributed by atoms with Gasteiger partial charge in [0, 0.05) is 18.4 Å². The minimum atomic E-state index is -1.17. The zero-order chi connectivity index (χ0) is 32.6. The Morgan fingerprint density at radius 3 is 2.14 bits per heavy atom. The van der Waals surface area contributed by atoms with Crippen molar-refractivity contribution < 1.29 is 34.5 Å². The average Bonchev–Trinajstić information content (AvgIpc) is 2.95. The highest BCUT2D eigenvalue weighted by molar-refractivity contribution is 6.21. The van der Waals surface area contributed by atoms with E-state index in [1.54, 1.807) is 12.1 Å². The maximum absolute atomic E-state index is 13.7. The number of nitrogens with two attached hydrogens (primary N) is 1. The Labute approximate surface area is 260 Å². The second-order valence-corrected chi connectivity index (χ2v) is 12.3. The molecule has 0 bridgehead atoms. The van der Waals surface area contributed by atoms with E-state index in [-0.39, 0.29) is 40.8 Å². The molecule has 1 saturated carbocycles. The molecule has 3 unspecified atom stereocenters. The van der Waals surface area contributed by atoms with Crippen molar-refractivity contribution in [2.75, 3.05) is 19.4 Å². The van der Waals surface area contributed by atoms with E-state index in [2.05, 4.69) is 17.6 Å². The molecule has 242 valence electrons. The first-order chi connectivity index (χ1) is 21.0. The topological polar surface area (TPSA) is 179 Å². The van der Waals surface area contributed by atoms with Crippen LogP contribution in [0.15, 0.2) is 29.0 Å². The number of benzene rings is 1. The molecule has 10 heteroatoms. The lowest BCUT2D eigenvalue weighted by Crippen LogP contribution is -2.45. The van der Waals surface area contributed by atoms with Gasteiger partial charge < -0.3 is 31.7 Å². The zero-order valence-electron chi connectivity index (χ0n) is 26.5. The lowest BCUT2D eigenvalue weighted by atomic mass is 9.59. The van der Waals surface area contributed by atoms with Crippen LogP contribution >= 0.6 is 0 Å². The van der Waals surface area contributed by atoms with Crippen molar-refractivity contribution in [3.63, 3.8) is 0 Å². The summed E-state index contributed by atoms with van der Waals surface area (Å²) in [4.78, 5) is 50.5. The molecule has 0 saturated heterocycles. The summed E-state index contributed by atoms with van der Waals surface area (Å²) in [5.74, 6) is -6.35. The second kappa shape index (κ2) is 15.9. The van der Waals surface area contributed by atoms with Gasteiger partial charge in [0.05, 0.1) is 17.2 Å². The number of nitrogens with one attached hydrogen (secondary N) is 2. The Kier molecular flexibility index (Phi) is 12.6. The van der Waals surface area contributed by atoms with Crippen molar-refractivity contribution >= 4 is 34.8 Å². The van der Waals surface area contributed by atoms with Gasteiger partial charge in [-0.2, -0.15) is 0 Å². The van der Waals surface area contributed by atoms with Crippen LogP contribution in [0.5, 0.6) is 5.75 Å². The number of aliphatic hydroxyl groups excluding tert-OH is 2. The molecular formula is C34H49N3O7. The van der Waals surface area contributed by atoms with Crippen LogP contribution < -0.4 is 16.4 Å². The first-order valence-corrected chi connectivity index (χ1v) is 16.0. The smallest absolute Gasteiger partial charge is 0.255 e. The monoisotopic (exact) mass is 611 g/mol. The summed E-state index contributed by atoms with van der Waals surface area (Å²) in [5, 5.41) is 38.6. The number of ketones is 2. The van der Waals surface area contributed by atoms with Crippen molar-refractivity contribution in [1.82, 2.24) is 5.32 Å². The third kappa shape index (κ3) is 7.52. The Hall–Kier alpha value is -3.66. The molecular weight excluding hydrogens is 562 g/mol. The average molecular weight is 612 g/mol. The summed E-state index contributed by atoms with van der Waals surface area (Å²) in [6.45, 7) is 4.08. The fourth-order valence-electron chi connectivity index (χ4n) is 6.84. The molecule has 1 fully saturated rings. The van der Waals surface area contributed by atoms with E-state index in [0.29, 0.717) is 18.4 Å². The number of rotatable bonds is 12. The van der Waals surface area contributed by atoms with Crippen LogP contribution in [0.2, 0.25) is 0 Å². The Balaban J connectivity index is 0.00000169. The SMILES string of the molecule is CCCCCCCCCCCC(=O)Nc1ccc2c(c1O)C(O)=C1C(=O)C3C(O)=C(C(N)=O)C(=O)CC3CC1[C@H]2C.CNC. The Morgan fingerprint density at radius 1 is 0.955 bits per heavy atom. The van der Waals surface area contributed by atoms with Gasteiger partial charge in [-0.1, -0.05) is 71.3 Å². The predicted octanol–water partition coefficient (Wildman–Crippen LogP) is 5.57. The molecule has 3 aliphatic carbocycles. The molecule has 0 spiro atoms. The number of primary amides is 1. The number of hydrogen-bond acceptors (Lipinski definition) is 8. The number of anilines is 1. The number of fused-ring (bicyclic) bond motifs is 3. The summed E-state index contributed by atoms with van der Waals surface area (Å²) in [7, 11) is 3.75. The molecule has 10 nitrogen and oxygen atoms in total. The van der Waals surface area contributed by atoms with Gasteiger partial charge in [0.1, 0.15) is 22.8 Å². The van der Waals surface area contributed by atoms with Crippen molar-refractivity contribution in [2.45, 2.75) is 96.8 Å². The van der Waals surface area contributed by atoms with Crippen LogP contribution in [0.3, 0.4) is 0 Å². The van der Waals surface area contributed by atoms with Gasteiger partial charge in [-0.15, -0.1) is 0 Å². The van der Waals surface area contributed by atoms with Gasteiger partial charge >= 0.3 is 0 Å². The third-order valence-corrected chi connectivity index (χ3v) is 9.05. The van der Waals surface area contributed by atoms with Crippen LogP contribution in [0.25, 0.3) is 5.76 Å². The van der Waals surface area contributed by atoms with Crippen molar-refractivity contribution in [3.05, 3.63) is 40.2 Å². The quantitative estimate of drug-likeness (QED) is 0.101. The molecule has 7 N–H and O–H groups in total. The first-order valence-electron chi connectivity index (χ1n) is 16.0. The van der Waals surface area contributed by atoms with Crippen LogP contribution in [-0.4, -0.2) is 52.8 Å². The first kappa shape index (κ1) is 34.8. The van der Waals surface area contributed by atoms with Crippen molar-refractivity contribution in [1.29, 1.82) is 0 Å². The van der Waals surface area contributed by atoms with E-state index in [9.17, 15) is 34.5 Å². The van der Waals surface area contributed by atoms with Gasteiger partial charge in [0.2, 0.25) is 5.91 Å². The lowest BCUT2D eigenvalue weighted by Gasteiger charge is -2.43. The number of carbonyl (C=O) groups is 4. The standard InChI is InChI=1S/C32H42N2O7.C2H7N/c1-3-4-5-6-7-8-9-10-11-12-23(36)34-21-14-13-19-17(2)20-15-18-16-22(35)27(32(33)41)30(39)24(18)29(38)26(20)31(40)25(19)28(21)37;1-3-2/h13-14,17-18,20,24,37,39-40H,3-12,15-16H2,1-2H3,(H2,33,41)(H,34,36);3H,1-2H3/t17-,18?,20?,24?;/m0./s1. The minimum absolute atomic E-state index is 0.0458. The number of allylic oxidation sites excluding steroid dienone is 2. The molecule has 0 radical (unpaired) electrons. The van der Waals surface area contributed by atoms with Gasteiger partial charge in [-0.05, 0) is 56.3 Å². The van der Waals surface area contributed by atoms with Crippen LogP contribution in [0.4, 0.5) is 5.69 Å². The highest BCUT2D eigenvalue weighted by Gasteiger charge is 2.52. The summed E-state index contributed by atoms with van der Waals surface area (Å²) >= 11 is 0. The second-order valence-electron chi connectivity index (χ2n) is 12.3. The maximum Gasteiger partial charge on any atom is 0.255 e. The Bertz CT molecular complexity index is 1320. The van der Waals surface area contributed by atoms with Gasteiger partial charge in [-0.3, -0.25) is 19.2 Å². The Morgan fingerprint density at radius 2 is 1.55 bits per heavy atom. The molecule has 4 rings (SSSR count). The summed E-state index contributed by atoms with van der Waals surface area (Å²) in [6, 6.07) is 3.33. The predicted molar refractivity (Wildman–Crippen MR) is 170 cm³/mol. The minimum Gasteiger partial charge on any atom is -0.511 e. The summed E-state index contributed by atoms with van der Waals surface area (Å²) < 4.78 is 0. The molecule has 2 amide bonds. The number of hydrogen-bond donors (Lipinski definition) is 6. The zero-order valence-corrected chi connectivity index (χ0v) is 26.5. The molecule has 1 aromatic rings. The fraction of sp³-hybridized carbons (Fsp3) is 0.588. The number of unbranched alkanes of at least 4 members (excludes halogenated alkanes) is 8. The molecule has 0 heterocycles. The molecule has 3 aliphatic rings. The van der Waals surface area contributed by atoms with E-state index in [1.807, 2.05) is 21.0 Å². The van der Waals surface area contributed by atoms with Gasteiger partial charge in [-0.25, -0.2) is 0 Å². The molecule has 0 aromatic heterocycles. The van der Waals surface area contributed by atoms with Gasteiger partial charge in [0.25, 0.3) is 5.91 Å². The van der Waals surface area contributed by atoms with Gasteiger partial charge in [0.15, 0.2) is 11.6 Å².